The Morgan fingerprint density at radius 1 is 0.375 bits per heavy atom. The molecule has 3 heterocycles. The van der Waals surface area contributed by atoms with Gasteiger partial charge < -0.3 is 4.90 Å². The van der Waals surface area contributed by atoms with Gasteiger partial charge in [-0.05, 0) is 105 Å². The third-order valence-electron chi connectivity index (χ3n) is 11.0. The zero-order chi connectivity index (χ0) is 36.7. The van der Waals surface area contributed by atoms with E-state index in [2.05, 4.69) is 191 Å². The monoisotopic (exact) mass is 750 g/mol. The van der Waals surface area contributed by atoms with Crippen LogP contribution < -0.4 is 4.90 Å². The van der Waals surface area contributed by atoms with Crippen molar-refractivity contribution < 1.29 is 0 Å². The van der Waals surface area contributed by atoms with E-state index in [4.69, 9.17) is 9.97 Å². The van der Waals surface area contributed by atoms with Crippen molar-refractivity contribution >= 4 is 114 Å². The number of benzene rings is 9. The summed E-state index contributed by atoms with van der Waals surface area (Å²) in [4.78, 5) is 12.7. The minimum atomic E-state index is 0.972. The Balaban J connectivity index is 0.962. The molecule has 0 amide bonds. The van der Waals surface area contributed by atoms with E-state index in [1.807, 2.05) is 0 Å². The summed E-state index contributed by atoms with van der Waals surface area (Å²) in [6.07, 6.45) is 0. The van der Waals surface area contributed by atoms with Crippen molar-refractivity contribution in [2.24, 2.45) is 0 Å². The zero-order valence-electron chi connectivity index (χ0n) is 29.9. The van der Waals surface area contributed by atoms with Crippen molar-refractivity contribution in [3.63, 3.8) is 0 Å². The lowest BCUT2D eigenvalue weighted by Crippen LogP contribution is -2.09. The molecule has 0 aliphatic rings. The van der Waals surface area contributed by atoms with E-state index >= 15 is 0 Å². The van der Waals surface area contributed by atoms with Crippen LogP contribution in [0.15, 0.2) is 182 Å². The standard InChI is InChI=1S/C50H30N4S2/c1-2-12-32(13-3-1)53(33-23-25-39-37-16-5-4-14-35(37)36-15-6-7-17-38(36)42(39)29-33)34-24-27-43-48(30-34)55-49(51-43)31-22-26-44-47(28-31)56-50(52-44)54-45-20-10-8-18-40(45)41-19-9-11-21-46(41)54/h1-30H. The summed E-state index contributed by atoms with van der Waals surface area (Å²) in [5.74, 6) is 0. The van der Waals surface area contributed by atoms with Crippen LogP contribution in [0.4, 0.5) is 17.1 Å². The molecule has 4 nitrogen and oxygen atoms in total. The first-order chi connectivity index (χ1) is 27.7. The van der Waals surface area contributed by atoms with Crippen molar-refractivity contribution in [1.82, 2.24) is 14.5 Å². The number of thiazole rings is 2. The van der Waals surface area contributed by atoms with Gasteiger partial charge in [-0.2, -0.15) is 0 Å². The smallest absolute Gasteiger partial charge is 0.195 e. The summed E-state index contributed by atoms with van der Waals surface area (Å²) in [7, 11) is 0. The summed E-state index contributed by atoms with van der Waals surface area (Å²) < 4.78 is 4.59. The molecule has 12 aromatic rings. The topological polar surface area (TPSA) is 34.0 Å². The van der Waals surface area contributed by atoms with Crippen LogP contribution in [0.5, 0.6) is 0 Å². The number of fused-ring (bicyclic) bond motifs is 11. The van der Waals surface area contributed by atoms with Gasteiger partial charge in [-0.1, -0.05) is 121 Å². The molecule has 0 atom stereocenters. The predicted molar refractivity (Wildman–Crippen MR) is 240 cm³/mol. The van der Waals surface area contributed by atoms with Crippen molar-refractivity contribution in [2.45, 2.75) is 0 Å². The summed E-state index contributed by atoms with van der Waals surface area (Å²) in [5, 5.41) is 12.1. The van der Waals surface area contributed by atoms with Crippen molar-refractivity contribution in [1.29, 1.82) is 0 Å². The minimum Gasteiger partial charge on any atom is -0.310 e. The van der Waals surface area contributed by atoms with Crippen LogP contribution in [-0.2, 0) is 0 Å². The zero-order valence-corrected chi connectivity index (χ0v) is 31.6. The first-order valence-corrected chi connectivity index (χ1v) is 20.4. The van der Waals surface area contributed by atoms with E-state index in [1.54, 1.807) is 22.7 Å². The fourth-order valence-corrected chi connectivity index (χ4v) is 10.5. The average molecular weight is 751 g/mol. The molecule has 9 aromatic carbocycles. The summed E-state index contributed by atoms with van der Waals surface area (Å²) in [6.45, 7) is 0. The molecule has 0 aliphatic carbocycles. The van der Waals surface area contributed by atoms with Crippen LogP contribution in [0, 0.1) is 0 Å². The van der Waals surface area contributed by atoms with Gasteiger partial charge in [0.05, 0.1) is 31.5 Å². The lowest BCUT2D eigenvalue weighted by Gasteiger charge is -2.26. The highest BCUT2D eigenvalue weighted by Gasteiger charge is 2.19. The lowest BCUT2D eigenvalue weighted by molar-refractivity contribution is 1.15. The second-order valence-electron chi connectivity index (χ2n) is 14.2. The van der Waals surface area contributed by atoms with Crippen molar-refractivity contribution in [3.8, 4) is 15.7 Å². The van der Waals surface area contributed by atoms with Crippen LogP contribution in [0.25, 0.3) is 90.3 Å². The Kier molecular flexibility index (Phi) is 6.93. The van der Waals surface area contributed by atoms with Gasteiger partial charge in [0.25, 0.3) is 0 Å². The molecule has 0 bridgehead atoms. The molecule has 0 fully saturated rings. The second-order valence-corrected chi connectivity index (χ2v) is 16.3. The summed E-state index contributed by atoms with van der Waals surface area (Å²) >= 11 is 3.46. The van der Waals surface area contributed by atoms with E-state index in [0.29, 0.717) is 0 Å². The number of hydrogen-bond donors (Lipinski definition) is 0. The quantitative estimate of drug-likeness (QED) is 0.164. The highest BCUT2D eigenvalue weighted by Crippen LogP contribution is 2.43. The first kappa shape index (κ1) is 31.5. The maximum Gasteiger partial charge on any atom is 0.195 e. The maximum absolute atomic E-state index is 5.16. The Hall–Kier alpha value is -6.86. The molecule has 0 spiro atoms. The van der Waals surface area contributed by atoms with Gasteiger partial charge in [0.2, 0.25) is 0 Å². The number of hydrogen-bond acceptors (Lipinski definition) is 5. The molecule has 3 aromatic heterocycles. The fraction of sp³-hybridized carbons (Fsp3) is 0. The Labute approximate surface area is 329 Å². The maximum atomic E-state index is 5.16. The molecule has 6 heteroatoms. The van der Waals surface area contributed by atoms with Crippen molar-refractivity contribution in [3.05, 3.63) is 182 Å². The SMILES string of the molecule is c1ccc(N(c2ccc3nc(-c4ccc5nc(-n6c7ccccc7c7ccccc76)sc5c4)sc3c2)c2ccc3c4ccccc4c4ccccc4c3c2)cc1. The molecule has 12 rings (SSSR count). The largest absolute Gasteiger partial charge is 0.310 e. The Bertz CT molecular complexity index is 3420. The number of para-hydroxylation sites is 3. The number of rotatable bonds is 5. The molecule has 0 radical (unpaired) electrons. The predicted octanol–water partition coefficient (Wildman–Crippen LogP) is 14.6. The van der Waals surface area contributed by atoms with Gasteiger partial charge in [-0.25, -0.2) is 9.97 Å². The molecule has 0 saturated heterocycles. The molecule has 262 valence electrons. The van der Waals surface area contributed by atoms with Gasteiger partial charge in [0.15, 0.2) is 5.13 Å². The normalized spacial score (nSPS) is 11.9. The minimum absolute atomic E-state index is 0.972. The van der Waals surface area contributed by atoms with Crippen molar-refractivity contribution in [2.75, 3.05) is 4.90 Å². The third-order valence-corrected chi connectivity index (χ3v) is 13.1. The van der Waals surface area contributed by atoms with E-state index in [1.165, 1.54) is 54.1 Å². The van der Waals surface area contributed by atoms with Gasteiger partial charge >= 0.3 is 0 Å². The van der Waals surface area contributed by atoms with Crippen LogP contribution in [0.3, 0.4) is 0 Å². The molecule has 0 aliphatic heterocycles. The highest BCUT2D eigenvalue weighted by molar-refractivity contribution is 7.22. The van der Waals surface area contributed by atoms with Crippen LogP contribution in [-0.4, -0.2) is 14.5 Å². The van der Waals surface area contributed by atoms with Gasteiger partial charge in [-0.15, -0.1) is 11.3 Å². The van der Waals surface area contributed by atoms with Gasteiger partial charge in [0, 0.05) is 33.4 Å². The van der Waals surface area contributed by atoms with Crippen LogP contribution in [0.2, 0.25) is 0 Å². The van der Waals surface area contributed by atoms with Gasteiger partial charge in [-0.3, -0.25) is 4.57 Å². The van der Waals surface area contributed by atoms with Gasteiger partial charge in [0.1, 0.15) is 5.01 Å². The average Bonchev–Trinajstić information content (AvgIpc) is 3.97. The van der Waals surface area contributed by atoms with E-state index in [9.17, 15) is 0 Å². The molecule has 0 N–H and O–H groups in total. The number of aromatic nitrogens is 3. The molecule has 56 heavy (non-hydrogen) atoms. The van der Waals surface area contributed by atoms with Crippen LogP contribution >= 0.6 is 22.7 Å². The number of anilines is 3. The fourth-order valence-electron chi connectivity index (χ4n) is 8.50. The number of nitrogens with zero attached hydrogens (tertiary/aromatic N) is 4. The first-order valence-electron chi connectivity index (χ1n) is 18.7. The Morgan fingerprint density at radius 2 is 0.893 bits per heavy atom. The molecule has 0 unspecified atom stereocenters. The summed E-state index contributed by atoms with van der Waals surface area (Å²) in [6, 6.07) is 65.5. The third kappa shape index (κ3) is 4.83. The Morgan fingerprint density at radius 3 is 1.59 bits per heavy atom. The van der Waals surface area contributed by atoms with E-state index in [0.717, 1.165) is 53.2 Å². The molecule has 0 saturated carbocycles. The summed E-state index contributed by atoms with van der Waals surface area (Å²) in [5.41, 5.74) is 8.75. The van der Waals surface area contributed by atoms with E-state index in [-0.39, 0.29) is 0 Å². The molecular weight excluding hydrogens is 721 g/mol. The second kappa shape index (κ2) is 12.3. The molecular formula is C50H30N4S2. The highest BCUT2D eigenvalue weighted by atomic mass is 32.1. The van der Waals surface area contributed by atoms with E-state index < -0.39 is 0 Å². The lowest BCUT2D eigenvalue weighted by atomic mass is 9.94. The van der Waals surface area contributed by atoms with Crippen LogP contribution in [0.1, 0.15) is 0 Å².